The highest BCUT2D eigenvalue weighted by molar-refractivity contribution is 5.61. The molecule has 0 fully saturated rings. The van der Waals surface area contributed by atoms with Crippen molar-refractivity contribution in [3.05, 3.63) is 87.0 Å². The molecule has 7 heteroatoms. The fraction of sp³-hybridized carbons (Fsp3) is 0.0625. The molecule has 114 valence electrons. The van der Waals surface area contributed by atoms with E-state index in [-0.39, 0.29) is 17.8 Å². The van der Waals surface area contributed by atoms with E-state index in [0.29, 0.717) is 11.3 Å². The lowest BCUT2D eigenvalue weighted by molar-refractivity contribution is -0.384. The minimum atomic E-state index is -0.463. The van der Waals surface area contributed by atoms with Gasteiger partial charge in [-0.1, -0.05) is 18.2 Å². The molecule has 2 heterocycles. The Bertz CT molecular complexity index is 906. The molecular formula is C16H12N4O3. The van der Waals surface area contributed by atoms with E-state index in [1.54, 1.807) is 36.7 Å². The molecule has 3 aromatic rings. The van der Waals surface area contributed by atoms with E-state index in [4.69, 9.17) is 0 Å². The molecule has 0 aliphatic heterocycles. The normalized spacial score (nSPS) is 10.4. The standard InChI is InChI=1S/C16H12N4O3/c21-16-7-6-15(13-4-1-5-14(9-13)20(22)23)18-19(16)11-12-3-2-8-17-10-12/h1-10H,11H2. The third-order valence-corrected chi connectivity index (χ3v) is 3.27. The van der Waals surface area contributed by atoms with Gasteiger partial charge in [0.1, 0.15) is 0 Å². The molecule has 2 aromatic heterocycles. The molecule has 0 spiro atoms. The molecule has 0 saturated carbocycles. The molecule has 3 rings (SSSR count). The zero-order valence-corrected chi connectivity index (χ0v) is 12.0. The first-order valence-electron chi connectivity index (χ1n) is 6.85. The molecule has 0 unspecified atom stereocenters. The number of aromatic nitrogens is 3. The summed E-state index contributed by atoms with van der Waals surface area (Å²) >= 11 is 0. The lowest BCUT2D eigenvalue weighted by Crippen LogP contribution is -2.22. The van der Waals surface area contributed by atoms with E-state index in [0.717, 1.165) is 5.56 Å². The van der Waals surface area contributed by atoms with Crippen molar-refractivity contribution >= 4 is 5.69 Å². The summed E-state index contributed by atoms with van der Waals surface area (Å²) in [5.41, 5.74) is 1.66. The number of rotatable bonds is 4. The average Bonchev–Trinajstić information content (AvgIpc) is 2.58. The first-order chi connectivity index (χ1) is 11.1. The molecule has 0 amide bonds. The van der Waals surface area contributed by atoms with Crippen LogP contribution in [0, 0.1) is 10.1 Å². The average molecular weight is 308 g/mol. The van der Waals surface area contributed by atoms with Gasteiger partial charge >= 0.3 is 0 Å². The van der Waals surface area contributed by atoms with Crippen LogP contribution in [0.15, 0.2) is 65.7 Å². The van der Waals surface area contributed by atoms with Crippen LogP contribution in [0.5, 0.6) is 0 Å². The second kappa shape index (κ2) is 6.18. The number of hydrogen-bond acceptors (Lipinski definition) is 5. The fourth-order valence-electron chi connectivity index (χ4n) is 2.16. The van der Waals surface area contributed by atoms with Crippen molar-refractivity contribution in [1.29, 1.82) is 0 Å². The number of non-ortho nitro benzene ring substituents is 1. The molecule has 1 aromatic carbocycles. The zero-order valence-electron chi connectivity index (χ0n) is 12.0. The number of nitro benzene ring substituents is 1. The lowest BCUT2D eigenvalue weighted by atomic mass is 10.1. The Hall–Kier alpha value is -3.35. The van der Waals surface area contributed by atoms with Gasteiger partial charge in [-0.2, -0.15) is 5.10 Å². The Labute approximate surface area is 131 Å². The van der Waals surface area contributed by atoms with Crippen LogP contribution in [-0.4, -0.2) is 19.7 Å². The van der Waals surface area contributed by atoms with Crippen molar-refractivity contribution in [1.82, 2.24) is 14.8 Å². The molecule has 0 bridgehead atoms. The van der Waals surface area contributed by atoms with Crippen LogP contribution in [-0.2, 0) is 6.54 Å². The lowest BCUT2D eigenvalue weighted by Gasteiger charge is -2.07. The van der Waals surface area contributed by atoms with E-state index in [1.807, 2.05) is 6.07 Å². The molecule has 7 nitrogen and oxygen atoms in total. The molecule has 23 heavy (non-hydrogen) atoms. The van der Waals surface area contributed by atoms with Gasteiger partial charge in [-0.05, 0) is 17.7 Å². The van der Waals surface area contributed by atoms with Crippen LogP contribution in [0.25, 0.3) is 11.3 Å². The summed E-state index contributed by atoms with van der Waals surface area (Å²) in [5.74, 6) is 0. The summed E-state index contributed by atoms with van der Waals surface area (Å²) in [6, 6.07) is 12.7. The number of pyridine rings is 1. The van der Waals surface area contributed by atoms with Gasteiger partial charge in [0.15, 0.2) is 0 Å². The van der Waals surface area contributed by atoms with Crippen molar-refractivity contribution in [2.75, 3.05) is 0 Å². The highest BCUT2D eigenvalue weighted by Crippen LogP contribution is 2.21. The van der Waals surface area contributed by atoms with Crippen LogP contribution >= 0.6 is 0 Å². The SMILES string of the molecule is O=c1ccc(-c2cccc([N+](=O)[O-])c2)nn1Cc1cccnc1. The molecule has 0 atom stereocenters. The maximum atomic E-state index is 12.0. The van der Waals surface area contributed by atoms with Gasteiger partial charge in [0.05, 0.1) is 17.2 Å². The van der Waals surface area contributed by atoms with Crippen molar-refractivity contribution in [3.8, 4) is 11.3 Å². The summed E-state index contributed by atoms with van der Waals surface area (Å²) in [4.78, 5) is 26.4. The van der Waals surface area contributed by atoms with E-state index >= 15 is 0 Å². The quantitative estimate of drug-likeness (QED) is 0.544. The van der Waals surface area contributed by atoms with Crippen LogP contribution < -0.4 is 5.56 Å². The van der Waals surface area contributed by atoms with Crippen LogP contribution in [0.3, 0.4) is 0 Å². The first-order valence-corrected chi connectivity index (χ1v) is 6.85. The fourth-order valence-corrected chi connectivity index (χ4v) is 2.16. The summed E-state index contributed by atoms with van der Waals surface area (Å²) in [5, 5.41) is 15.2. The molecule has 0 N–H and O–H groups in total. The van der Waals surface area contributed by atoms with E-state index in [2.05, 4.69) is 10.1 Å². The maximum Gasteiger partial charge on any atom is 0.270 e. The number of nitrogens with zero attached hydrogens (tertiary/aromatic N) is 4. The minimum absolute atomic E-state index is 0.0192. The van der Waals surface area contributed by atoms with Gasteiger partial charge in [-0.25, -0.2) is 4.68 Å². The molecular weight excluding hydrogens is 296 g/mol. The first kappa shape index (κ1) is 14.6. The van der Waals surface area contributed by atoms with Crippen LogP contribution in [0.1, 0.15) is 5.56 Å². The monoisotopic (exact) mass is 308 g/mol. The van der Waals surface area contributed by atoms with Crippen molar-refractivity contribution in [3.63, 3.8) is 0 Å². The van der Waals surface area contributed by atoms with Gasteiger partial charge in [0.2, 0.25) is 0 Å². The summed E-state index contributed by atoms with van der Waals surface area (Å²) in [6.07, 6.45) is 3.31. The Kier molecular flexibility index (Phi) is 3.92. The summed E-state index contributed by atoms with van der Waals surface area (Å²) < 4.78 is 1.31. The second-order valence-electron chi connectivity index (χ2n) is 4.88. The van der Waals surface area contributed by atoms with Gasteiger partial charge < -0.3 is 0 Å². The predicted molar refractivity (Wildman–Crippen MR) is 83.9 cm³/mol. The van der Waals surface area contributed by atoms with Gasteiger partial charge in [0.25, 0.3) is 11.2 Å². The topological polar surface area (TPSA) is 90.9 Å². The highest BCUT2D eigenvalue weighted by Gasteiger charge is 2.09. The Morgan fingerprint density at radius 3 is 2.74 bits per heavy atom. The Balaban J connectivity index is 1.99. The highest BCUT2D eigenvalue weighted by atomic mass is 16.6. The Morgan fingerprint density at radius 2 is 2.00 bits per heavy atom. The maximum absolute atomic E-state index is 12.0. The zero-order chi connectivity index (χ0) is 16.2. The summed E-state index contributed by atoms with van der Waals surface area (Å²) in [7, 11) is 0. The largest absolute Gasteiger partial charge is 0.270 e. The second-order valence-corrected chi connectivity index (χ2v) is 4.88. The van der Waals surface area contributed by atoms with Crippen molar-refractivity contribution < 1.29 is 4.92 Å². The molecule has 0 aliphatic rings. The van der Waals surface area contributed by atoms with E-state index < -0.39 is 4.92 Å². The van der Waals surface area contributed by atoms with Crippen molar-refractivity contribution in [2.24, 2.45) is 0 Å². The molecule has 0 radical (unpaired) electrons. The Morgan fingerprint density at radius 1 is 1.13 bits per heavy atom. The van der Waals surface area contributed by atoms with Gasteiger partial charge in [0, 0.05) is 36.2 Å². The van der Waals surface area contributed by atoms with Gasteiger partial charge in [-0.3, -0.25) is 19.9 Å². The third kappa shape index (κ3) is 3.29. The van der Waals surface area contributed by atoms with E-state index in [1.165, 1.54) is 22.9 Å². The smallest absolute Gasteiger partial charge is 0.268 e. The molecule has 0 saturated heterocycles. The minimum Gasteiger partial charge on any atom is -0.268 e. The van der Waals surface area contributed by atoms with Gasteiger partial charge in [-0.15, -0.1) is 0 Å². The van der Waals surface area contributed by atoms with Crippen LogP contribution in [0.2, 0.25) is 0 Å². The summed E-state index contributed by atoms with van der Waals surface area (Å²) in [6.45, 7) is 0.287. The number of hydrogen-bond donors (Lipinski definition) is 0. The van der Waals surface area contributed by atoms with E-state index in [9.17, 15) is 14.9 Å². The number of benzene rings is 1. The molecule has 0 aliphatic carbocycles. The number of nitro groups is 1. The van der Waals surface area contributed by atoms with Crippen molar-refractivity contribution in [2.45, 2.75) is 6.54 Å². The predicted octanol–water partition coefficient (Wildman–Crippen LogP) is 2.26. The third-order valence-electron chi connectivity index (χ3n) is 3.27. The van der Waals surface area contributed by atoms with Crippen LogP contribution in [0.4, 0.5) is 5.69 Å².